The molecule has 1 aliphatic heterocycles. The van der Waals surface area contributed by atoms with Crippen molar-refractivity contribution in [1.29, 1.82) is 0 Å². The highest BCUT2D eigenvalue weighted by atomic mass is 19.3. The van der Waals surface area contributed by atoms with Gasteiger partial charge in [0.15, 0.2) is 11.5 Å². The number of hydrogen-bond donors (Lipinski definition) is 1. The number of fused-ring (bicyclic) bond motifs is 1. The highest BCUT2D eigenvalue weighted by Crippen LogP contribution is 2.41. The van der Waals surface area contributed by atoms with Crippen molar-refractivity contribution in [3.63, 3.8) is 0 Å². The fraction of sp³-hybridized carbons (Fsp3) is 0.438. The first-order valence-corrected chi connectivity index (χ1v) is 7.18. The molecule has 1 aromatic carbocycles. The molecule has 1 aromatic rings. The largest absolute Gasteiger partial charge is 0.586 e. The molecule has 1 aliphatic rings. The number of benzene rings is 1. The van der Waals surface area contributed by atoms with Crippen molar-refractivity contribution < 1.29 is 27.8 Å². The predicted octanol–water partition coefficient (Wildman–Crippen LogP) is 3.94. The SMILES string of the molecule is CC(C)(C)OC(=O)NCCC=Cc1ccc2c(c1)OC(F)(F)O2. The summed E-state index contributed by atoms with van der Waals surface area (Å²) < 4.78 is 39.6. The van der Waals surface area contributed by atoms with E-state index in [4.69, 9.17) is 4.74 Å². The van der Waals surface area contributed by atoms with Gasteiger partial charge in [0, 0.05) is 6.54 Å². The molecule has 0 fully saturated rings. The molecule has 0 radical (unpaired) electrons. The van der Waals surface area contributed by atoms with Crippen LogP contribution in [0.4, 0.5) is 13.6 Å². The molecule has 1 amide bonds. The molecule has 1 heterocycles. The van der Waals surface area contributed by atoms with E-state index in [1.165, 1.54) is 12.1 Å². The van der Waals surface area contributed by atoms with Crippen LogP contribution < -0.4 is 14.8 Å². The lowest BCUT2D eigenvalue weighted by atomic mass is 10.2. The van der Waals surface area contributed by atoms with Crippen molar-refractivity contribution in [3.05, 3.63) is 29.8 Å². The summed E-state index contributed by atoms with van der Waals surface area (Å²) in [6.07, 6.45) is 0.0479. The zero-order valence-electron chi connectivity index (χ0n) is 13.2. The third-order valence-electron chi connectivity index (χ3n) is 2.71. The van der Waals surface area contributed by atoms with Crippen LogP contribution in [0.2, 0.25) is 0 Å². The second kappa shape index (κ2) is 6.44. The average molecular weight is 327 g/mol. The summed E-state index contributed by atoms with van der Waals surface area (Å²) in [5, 5.41) is 2.62. The molecule has 0 saturated carbocycles. The van der Waals surface area contributed by atoms with Crippen molar-refractivity contribution >= 4 is 12.2 Å². The van der Waals surface area contributed by atoms with Crippen LogP contribution in [0.3, 0.4) is 0 Å². The van der Waals surface area contributed by atoms with E-state index in [0.717, 1.165) is 0 Å². The van der Waals surface area contributed by atoms with Crippen LogP contribution in [0.1, 0.15) is 32.8 Å². The Labute approximate surface area is 133 Å². The molecule has 0 unspecified atom stereocenters. The van der Waals surface area contributed by atoms with E-state index in [9.17, 15) is 13.6 Å². The fourth-order valence-electron chi connectivity index (χ4n) is 1.86. The molecule has 0 spiro atoms. The minimum absolute atomic E-state index is 0.00373. The van der Waals surface area contributed by atoms with Gasteiger partial charge in [0.05, 0.1) is 0 Å². The van der Waals surface area contributed by atoms with Gasteiger partial charge in [0.1, 0.15) is 5.60 Å². The summed E-state index contributed by atoms with van der Waals surface area (Å²) in [7, 11) is 0. The Kier molecular flexibility index (Phi) is 4.77. The number of alkyl carbamates (subject to hydrolysis) is 1. The topological polar surface area (TPSA) is 56.8 Å². The summed E-state index contributed by atoms with van der Waals surface area (Å²) in [4.78, 5) is 11.4. The van der Waals surface area contributed by atoms with Crippen LogP contribution in [0.15, 0.2) is 24.3 Å². The molecule has 0 aliphatic carbocycles. The van der Waals surface area contributed by atoms with Gasteiger partial charge in [0.2, 0.25) is 0 Å². The molecule has 2 rings (SSSR count). The quantitative estimate of drug-likeness (QED) is 0.851. The van der Waals surface area contributed by atoms with Gasteiger partial charge in [-0.3, -0.25) is 0 Å². The molecule has 7 heteroatoms. The van der Waals surface area contributed by atoms with E-state index in [-0.39, 0.29) is 11.5 Å². The monoisotopic (exact) mass is 327 g/mol. The lowest BCUT2D eigenvalue weighted by Crippen LogP contribution is -2.32. The van der Waals surface area contributed by atoms with Gasteiger partial charge in [-0.15, -0.1) is 8.78 Å². The number of carbonyl (C=O) groups is 1. The molecular formula is C16H19F2NO4. The average Bonchev–Trinajstić information content (AvgIpc) is 2.69. The first-order valence-electron chi connectivity index (χ1n) is 7.18. The van der Waals surface area contributed by atoms with Crippen LogP contribution in [0.5, 0.6) is 11.5 Å². The standard InChI is InChI=1S/C16H19F2NO4/c1-15(2,3)23-14(20)19-9-5-4-6-11-7-8-12-13(10-11)22-16(17,18)21-12/h4,6-8,10H,5,9H2,1-3H3,(H,19,20). The number of nitrogens with one attached hydrogen (secondary N) is 1. The van der Waals surface area contributed by atoms with Gasteiger partial charge < -0.3 is 19.5 Å². The highest BCUT2D eigenvalue weighted by Gasteiger charge is 2.43. The second-order valence-electron chi connectivity index (χ2n) is 5.99. The highest BCUT2D eigenvalue weighted by molar-refractivity contribution is 5.67. The maximum atomic E-state index is 12.9. The van der Waals surface area contributed by atoms with Crippen LogP contribution in [0, 0.1) is 0 Å². The zero-order valence-corrected chi connectivity index (χ0v) is 13.2. The molecule has 0 atom stereocenters. The van der Waals surface area contributed by atoms with Crippen molar-refractivity contribution in [2.75, 3.05) is 6.54 Å². The van der Waals surface area contributed by atoms with E-state index >= 15 is 0 Å². The summed E-state index contributed by atoms with van der Waals surface area (Å²) in [5.74, 6) is 0.0165. The number of alkyl halides is 2. The van der Waals surface area contributed by atoms with E-state index < -0.39 is 18.0 Å². The number of amides is 1. The fourth-order valence-corrected chi connectivity index (χ4v) is 1.86. The lowest BCUT2D eigenvalue weighted by Gasteiger charge is -2.19. The third kappa shape index (κ3) is 5.43. The second-order valence-corrected chi connectivity index (χ2v) is 5.99. The van der Waals surface area contributed by atoms with E-state index in [1.54, 1.807) is 32.9 Å². The smallest absolute Gasteiger partial charge is 0.444 e. The Morgan fingerprint density at radius 3 is 2.70 bits per heavy atom. The molecule has 0 aromatic heterocycles. The number of ether oxygens (including phenoxy) is 3. The van der Waals surface area contributed by atoms with Gasteiger partial charge in [-0.2, -0.15) is 0 Å². The molecule has 0 bridgehead atoms. The minimum Gasteiger partial charge on any atom is -0.444 e. The lowest BCUT2D eigenvalue weighted by molar-refractivity contribution is -0.286. The molecule has 23 heavy (non-hydrogen) atoms. The van der Waals surface area contributed by atoms with E-state index in [1.807, 2.05) is 6.08 Å². The van der Waals surface area contributed by atoms with Crippen molar-refractivity contribution in [1.82, 2.24) is 5.32 Å². The summed E-state index contributed by atoms with van der Waals surface area (Å²) in [6, 6.07) is 4.53. The van der Waals surface area contributed by atoms with Gasteiger partial charge in [-0.05, 0) is 44.9 Å². The van der Waals surface area contributed by atoms with E-state index in [2.05, 4.69) is 14.8 Å². The third-order valence-corrected chi connectivity index (χ3v) is 2.71. The van der Waals surface area contributed by atoms with Crippen LogP contribution in [0.25, 0.3) is 6.08 Å². The molecular weight excluding hydrogens is 308 g/mol. The summed E-state index contributed by atoms with van der Waals surface area (Å²) >= 11 is 0. The van der Waals surface area contributed by atoms with E-state index in [0.29, 0.717) is 18.5 Å². The van der Waals surface area contributed by atoms with Crippen LogP contribution in [-0.2, 0) is 4.74 Å². The minimum atomic E-state index is -3.61. The molecule has 0 saturated heterocycles. The molecule has 1 N–H and O–H groups in total. The number of carbonyl (C=O) groups excluding carboxylic acids is 1. The van der Waals surface area contributed by atoms with Crippen LogP contribution in [-0.4, -0.2) is 24.5 Å². The zero-order chi connectivity index (χ0) is 17.1. The van der Waals surface area contributed by atoms with Gasteiger partial charge >= 0.3 is 12.4 Å². The number of hydrogen-bond acceptors (Lipinski definition) is 4. The number of rotatable bonds is 4. The van der Waals surface area contributed by atoms with Crippen molar-refractivity contribution in [3.8, 4) is 11.5 Å². The Balaban J connectivity index is 1.78. The molecule has 126 valence electrons. The van der Waals surface area contributed by atoms with Gasteiger partial charge in [-0.25, -0.2) is 4.79 Å². The Morgan fingerprint density at radius 1 is 1.30 bits per heavy atom. The number of halogens is 2. The maximum Gasteiger partial charge on any atom is 0.586 e. The van der Waals surface area contributed by atoms with Gasteiger partial charge in [-0.1, -0.05) is 18.2 Å². The maximum absolute atomic E-state index is 12.9. The Hall–Kier alpha value is -2.31. The van der Waals surface area contributed by atoms with Crippen molar-refractivity contribution in [2.24, 2.45) is 0 Å². The molecule has 5 nitrogen and oxygen atoms in total. The Bertz CT molecular complexity index is 609. The first kappa shape index (κ1) is 17.1. The first-order chi connectivity index (χ1) is 10.6. The Morgan fingerprint density at radius 2 is 2.00 bits per heavy atom. The predicted molar refractivity (Wildman–Crippen MR) is 80.5 cm³/mol. The van der Waals surface area contributed by atoms with Gasteiger partial charge in [0.25, 0.3) is 0 Å². The summed E-state index contributed by atoms with van der Waals surface area (Å²) in [6.45, 7) is 5.77. The van der Waals surface area contributed by atoms with Crippen molar-refractivity contribution in [2.45, 2.75) is 39.1 Å². The van der Waals surface area contributed by atoms with Crippen LogP contribution >= 0.6 is 0 Å². The normalized spacial score (nSPS) is 15.7. The summed E-state index contributed by atoms with van der Waals surface area (Å²) in [5.41, 5.74) is 0.163.